The summed E-state index contributed by atoms with van der Waals surface area (Å²) in [5.41, 5.74) is 6.89. The van der Waals surface area contributed by atoms with Crippen LogP contribution in [0.4, 0.5) is 5.69 Å². The molecular formula is C11H13BrN4O2S. The fraction of sp³-hybridized carbons (Fsp3) is 0.182. The summed E-state index contributed by atoms with van der Waals surface area (Å²) in [7, 11) is -3.60. The van der Waals surface area contributed by atoms with E-state index in [4.69, 9.17) is 5.73 Å². The van der Waals surface area contributed by atoms with Crippen molar-refractivity contribution in [3.63, 3.8) is 0 Å². The normalized spacial score (nSPS) is 13.4. The molecule has 2 rings (SSSR count). The lowest BCUT2D eigenvalue weighted by molar-refractivity contribution is 0.567. The van der Waals surface area contributed by atoms with E-state index in [-0.39, 0.29) is 10.9 Å². The van der Waals surface area contributed by atoms with Crippen LogP contribution in [0.15, 0.2) is 40.0 Å². The number of nitrogens with two attached hydrogens (primary N) is 1. The van der Waals surface area contributed by atoms with Crippen LogP contribution in [0.2, 0.25) is 0 Å². The number of hydrogen-bond acceptors (Lipinski definition) is 4. The predicted octanol–water partition coefficient (Wildman–Crippen LogP) is 1.79. The predicted molar refractivity (Wildman–Crippen MR) is 75.9 cm³/mol. The van der Waals surface area contributed by atoms with Gasteiger partial charge in [0.2, 0.25) is 10.0 Å². The Kier molecular flexibility index (Phi) is 3.93. The van der Waals surface area contributed by atoms with Gasteiger partial charge in [-0.1, -0.05) is 0 Å². The van der Waals surface area contributed by atoms with Gasteiger partial charge in [-0.3, -0.25) is 5.10 Å². The molecule has 1 aromatic heterocycles. The average Bonchev–Trinajstić information content (AvgIpc) is 2.85. The van der Waals surface area contributed by atoms with E-state index in [0.717, 1.165) is 5.56 Å². The number of benzene rings is 1. The van der Waals surface area contributed by atoms with Crippen molar-refractivity contribution in [1.29, 1.82) is 0 Å². The van der Waals surface area contributed by atoms with Crippen molar-refractivity contribution in [2.45, 2.75) is 17.9 Å². The Morgan fingerprint density at radius 3 is 2.79 bits per heavy atom. The molecule has 0 bridgehead atoms. The first-order chi connectivity index (χ1) is 8.90. The summed E-state index contributed by atoms with van der Waals surface area (Å²) in [6.45, 7) is 1.74. The molecule has 0 spiro atoms. The first-order valence-corrected chi connectivity index (χ1v) is 7.74. The Morgan fingerprint density at radius 2 is 2.21 bits per heavy atom. The largest absolute Gasteiger partial charge is 0.398 e. The Hall–Kier alpha value is -1.38. The van der Waals surface area contributed by atoms with Crippen LogP contribution in [0.3, 0.4) is 0 Å². The molecule has 0 aliphatic carbocycles. The maximum Gasteiger partial charge on any atom is 0.241 e. The smallest absolute Gasteiger partial charge is 0.241 e. The lowest BCUT2D eigenvalue weighted by atomic mass is 10.2. The van der Waals surface area contributed by atoms with Gasteiger partial charge < -0.3 is 5.73 Å². The van der Waals surface area contributed by atoms with Gasteiger partial charge in [0.1, 0.15) is 0 Å². The summed E-state index contributed by atoms with van der Waals surface area (Å²) >= 11 is 3.21. The molecule has 1 heterocycles. The van der Waals surface area contributed by atoms with E-state index in [1.807, 2.05) is 0 Å². The number of anilines is 1. The van der Waals surface area contributed by atoms with Crippen LogP contribution in [0.1, 0.15) is 18.5 Å². The van der Waals surface area contributed by atoms with Gasteiger partial charge in [-0.25, -0.2) is 13.1 Å². The Labute approximate surface area is 119 Å². The molecule has 4 N–H and O–H groups in total. The van der Waals surface area contributed by atoms with Gasteiger partial charge in [0.15, 0.2) is 0 Å². The first kappa shape index (κ1) is 14.0. The van der Waals surface area contributed by atoms with Gasteiger partial charge in [-0.2, -0.15) is 5.10 Å². The third-order valence-electron chi connectivity index (χ3n) is 2.63. The highest BCUT2D eigenvalue weighted by molar-refractivity contribution is 9.10. The highest BCUT2D eigenvalue weighted by Crippen LogP contribution is 2.24. The quantitative estimate of drug-likeness (QED) is 0.736. The topological polar surface area (TPSA) is 101 Å². The lowest BCUT2D eigenvalue weighted by Crippen LogP contribution is -2.26. The van der Waals surface area contributed by atoms with Crippen molar-refractivity contribution in [3.05, 3.63) is 40.6 Å². The second kappa shape index (κ2) is 5.32. The van der Waals surface area contributed by atoms with Crippen LogP contribution in [0.5, 0.6) is 0 Å². The molecule has 0 amide bonds. The van der Waals surface area contributed by atoms with Gasteiger partial charge in [0.25, 0.3) is 0 Å². The van der Waals surface area contributed by atoms with Crippen molar-refractivity contribution in [2.24, 2.45) is 0 Å². The van der Waals surface area contributed by atoms with E-state index in [2.05, 4.69) is 30.8 Å². The number of rotatable bonds is 4. The Morgan fingerprint density at radius 1 is 1.47 bits per heavy atom. The Balaban J connectivity index is 2.25. The number of nitrogens with one attached hydrogen (secondary N) is 2. The van der Waals surface area contributed by atoms with Crippen molar-refractivity contribution in [3.8, 4) is 0 Å². The maximum atomic E-state index is 12.2. The van der Waals surface area contributed by atoms with E-state index in [1.54, 1.807) is 25.4 Å². The van der Waals surface area contributed by atoms with E-state index < -0.39 is 10.0 Å². The second-order valence-electron chi connectivity index (χ2n) is 4.06. The average molecular weight is 345 g/mol. The van der Waals surface area contributed by atoms with Gasteiger partial charge in [0, 0.05) is 28.0 Å². The molecule has 0 aliphatic rings. The van der Waals surface area contributed by atoms with Crippen LogP contribution < -0.4 is 10.5 Å². The van der Waals surface area contributed by atoms with Crippen molar-refractivity contribution in [1.82, 2.24) is 14.9 Å². The van der Waals surface area contributed by atoms with Gasteiger partial charge in [-0.05, 0) is 41.1 Å². The summed E-state index contributed by atoms with van der Waals surface area (Å²) in [5.74, 6) is 0. The van der Waals surface area contributed by atoms with Crippen LogP contribution in [-0.4, -0.2) is 18.6 Å². The summed E-state index contributed by atoms with van der Waals surface area (Å²) in [4.78, 5) is 0.156. The maximum absolute atomic E-state index is 12.2. The number of H-pyrrole nitrogens is 1. The zero-order chi connectivity index (χ0) is 14.0. The minimum absolute atomic E-state index is 0.156. The van der Waals surface area contributed by atoms with Crippen molar-refractivity contribution in [2.75, 3.05) is 5.73 Å². The molecule has 2 aromatic rings. The summed E-state index contributed by atoms with van der Waals surface area (Å²) in [6, 6.07) is 4.10. The van der Waals surface area contributed by atoms with Crippen molar-refractivity contribution < 1.29 is 8.42 Å². The van der Waals surface area contributed by atoms with E-state index in [0.29, 0.717) is 10.2 Å². The molecule has 0 saturated heterocycles. The van der Waals surface area contributed by atoms with Crippen LogP contribution in [0, 0.1) is 0 Å². The fourth-order valence-corrected chi connectivity index (χ4v) is 3.33. The third-order valence-corrected chi connectivity index (χ3v) is 4.86. The zero-order valence-electron chi connectivity index (χ0n) is 10.1. The van der Waals surface area contributed by atoms with Crippen LogP contribution in [-0.2, 0) is 10.0 Å². The van der Waals surface area contributed by atoms with E-state index in [1.165, 1.54) is 12.1 Å². The molecule has 6 nitrogen and oxygen atoms in total. The number of halogens is 1. The highest BCUT2D eigenvalue weighted by Gasteiger charge is 2.19. The summed E-state index contributed by atoms with van der Waals surface area (Å²) in [6.07, 6.45) is 3.22. The molecule has 0 saturated carbocycles. The zero-order valence-corrected chi connectivity index (χ0v) is 12.5. The number of nitrogens with zero attached hydrogens (tertiary/aromatic N) is 1. The first-order valence-electron chi connectivity index (χ1n) is 5.46. The number of aromatic amines is 1. The van der Waals surface area contributed by atoms with Crippen LogP contribution in [0.25, 0.3) is 0 Å². The Bertz CT molecular complexity index is 670. The summed E-state index contributed by atoms with van der Waals surface area (Å²) < 4.78 is 27.5. The molecule has 1 unspecified atom stereocenters. The third kappa shape index (κ3) is 3.14. The van der Waals surface area contributed by atoms with Gasteiger partial charge in [-0.15, -0.1) is 0 Å². The monoisotopic (exact) mass is 344 g/mol. The van der Waals surface area contributed by atoms with Crippen molar-refractivity contribution >= 4 is 31.6 Å². The number of aromatic nitrogens is 2. The molecule has 0 fully saturated rings. The molecule has 0 radical (unpaired) electrons. The van der Waals surface area contributed by atoms with Gasteiger partial charge >= 0.3 is 0 Å². The summed E-state index contributed by atoms with van der Waals surface area (Å²) in [5, 5.41) is 6.43. The van der Waals surface area contributed by atoms with Crippen LogP contribution >= 0.6 is 15.9 Å². The number of sulfonamides is 1. The van der Waals surface area contributed by atoms with E-state index >= 15 is 0 Å². The standard InChI is InChI=1S/C11H13BrN4O2S/c1-7(8-5-14-15-6-8)16-19(17,18)9-2-3-11(13)10(12)4-9/h2-7,16H,13H2,1H3,(H,14,15). The highest BCUT2D eigenvalue weighted by atomic mass is 79.9. The van der Waals surface area contributed by atoms with Gasteiger partial charge in [0.05, 0.1) is 11.1 Å². The molecule has 1 atom stereocenters. The minimum atomic E-state index is -3.60. The molecular weight excluding hydrogens is 332 g/mol. The minimum Gasteiger partial charge on any atom is -0.398 e. The molecule has 1 aromatic carbocycles. The number of hydrogen-bond donors (Lipinski definition) is 3. The SMILES string of the molecule is CC(NS(=O)(=O)c1ccc(N)c(Br)c1)c1cn[nH]c1. The molecule has 0 aliphatic heterocycles. The fourth-order valence-electron chi connectivity index (χ4n) is 1.54. The lowest BCUT2D eigenvalue weighted by Gasteiger charge is -2.13. The number of nitrogen functional groups attached to an aromatic ring is 1. The second-order valence-corrected chi connectivity index (χ2v) is 6.63. The molecule has 102 valence electrons. The van der Waals surface area contributed by atoms with E-state index in [9.17, 15) is 8.42 Å². The molecule has 19 heavy (non-hydrogen) atoms. The molecule has 8 heteroatoms.